The first kappa shape index (κ1) is 23.6. The maximum absolute atomic E-state index is 5.92. The Balaban J connectivity index is 1.15. The summed E-state index contributed by atoms with van der Waals surface area (Å²) in [7, 11) is 0. The Morgan fingerprint density at radius 2 is 1.50 bits per heavy atom. The van der Waals surface area contributed by atoms with Crippen molar-refractivity contribution in [3.8, 4) is 5.75 Å². The molecule has 0 amide bonds. The molecule has 4 aliphatic carbocycles. The normalized spacial score (nSPS) is 27.5. The molecule has 0 aromatic heterocycles. The molecule has 0 radical (unpaired) electrons. The van der Waals surface area contributed by atoms with Gasteiger partial charge in [0.1, 0.15) is 5.75 Å². The van der Waals surface area contributed by atoms with Crippen molar-refractivity contribution in [2.75, 3.05) is 6.61 Å². The second kappa shape index (κ2) is 10.7. The highest BCUT2D eigenvalue weighted by Gasteiger charge is 2.51. The summed E-state index contributed by atoms with van der Waals surface area (Å²) in [5, 5.41) is 0. The molecule has 182 valence electrons. The summed E-state index contributed by atoms with van der Waals surface area (Å²) in [6, 6.07) is 15.5. The van der Waals surface area contributed by atoms with Crippen molar-refractivity contribution in [2.24, 2.45) is 22.7 Å². The Labute approximate surface area is 207 Å². The fourth-order valence-corrected chi connectivity index (χ4v) is 7.46. The Kier molecular flexibility index (Phi) is 7.42. The van der Waals surface area contributed by atoms with E-state index in [1.54, 1.807) is 5.56 Å². The van der Waals surface area contributed by atoms with Gasteiger partial charge in [-0.15, -0.1) is 0 Å². The predicted molar refractivity (Wildman–Crippen MR) is 144 cm³/mol. The molecular weight excluding hydrogens is 414 g/mol. The molecule has 0 N–H and O–H groups in total. The fraction of sp³-hybridized carbons (Fsp3) is 0.594. The molecule has 0 unspecified atom stereocenters. The van der Waals surface area contributed by atoms with Crippen LogP contribution < -0.4 is 4.74 Å². The number of rotatable bonds is 11. The van der Waals surface area contributed by atoms with Crippen molar-refractivity contribution in [3.63, 3.8) is 0 Å². The SMILES string of the molecule is CCCCCCCCOc1ccc(C=Nc2ccc(C34CC5CC(CC(C5)C3)C4)cc2C)cc1. The minimum Gasteiger partial charge on any atom is -0.494 e. The summed E-state index contributed by atoms with van der Waals surface area (Å²) >= 11 is 0. The van der Waals surface area contributed by atoms with Crippen LogP contribution >= 0.6 is 0 Å². The van der Waals surface area contributed by atoms with Crippen molar-refractivity contribution >= 4 is 11.9 Å². The number of benzene rings is 2. The Bertz CT molecular complexity index is 938. The summed E-state index contributed by atoms with van der Waals surface area (Å²) in [5.74, 6) is 3.92. The number of nitrogens with zero attached hydrogens (tertiary/aromatic N) is 1. The van der Waals surface area contributed by atoms with Crippen molar-refractivity contribution in [1.29, 1.82) is 0 Å². The molecule has 2 nitrogen and oxygen atoms in total. The molecule has 34 heavy (non-hydrogen) atoms. The zero-order chi connectivity index (χ0) is 23.4. The average Bonchev–Trinajstić information content (AvgIpc) is 2.82. The van der Waals surface area contributed by atoms with E-state index in [0.717, 1.165) is 47.8 Å². The highest BCUT2D eigenvalue weighted by molar-refractivity contribution is 5.82. The number of unbranched alkanes of at least 4 members (excludes halogenated alkanes) is 5. The summed E-state index contributed by atoms with van der Waals surface area (Å²) in [4.78, 5) is 4.84. The molecule has 6 rings (SSSR count). The lowest BCUT2D eigenvalue weighted by atomic mass is 9.48. The third-order valence-corrected chi connectivity index (χ3v) is 8.85. The van der Waals surface area contributed by atoms with E-state index < -0.39 is 0 Å². The van der Waals surface area contributed by atoms with Gasteiger partial charge in [0.2, 0.25) is 0 Å². The van der Waals surface area contributed by atoms with Gasteiger partial charge in [0.15, 0.2) is 0 Å². The third kappa shape index (κ3) is 5.42. The van der Waals surface area contributed by atoms with Crippen LogP contribution in [0.15, 0.2) is 47.5 Å². The van der Waals surface area contributed by atoms with Crippen LogP contribution in [0.3, 0.4) is 0 Å². The van der Waals surface area contributed by atoms with Crippen LogP contribution in [0.4, 0.5) is 5.69 Å². The minimum atomic E-state index is 0.465. The number of hydrogen-bond acceptors (Lipinski definition) is 2. The van der Waals surface area contributed by atoms with Crippen LogP contribution in [0.25, 0.3) is 0 Å². The van der Waals surface area contributed by atoms with Crippen LogP contribution in [0, 0.1) is 24.7 Å². The van der Waals surface area contributed by atoms with E-state index in [1.165, 1.54) is 76.2 Å². The molecule has 4 fully saturated rings. The first-order valence-corrected chi connectivity index (χ1v) is 14.0. The van der Waals surface area contributed by atoms with Crippen molar-refractivity contribution in [3.05, 3.63) is 59.2 Å². The maximum Gasteiger partial charge on any atom is 0.119 e. The Morgan fingerprint density at radius 1 is 0.853 bits per heavy atom. The van der Waals surface area contributed by atoms with E-state index in [1.807, 2.05) is 6.21 Å². The van der Waals surface area contributed by atoms with Gasteiger partial charge in [-0.2, -0.15) is 0 Å². The quantitative estimate of drug-likeness (QED) is 0.244. The van der Waals surface area contributed by atoms with E-state index >= 15 is 0 Å². The van der Waals surface area contributed by atoms with Crippen LogP contribution in [0.2, 0.25) is 0 Å². The molecule has 0 saturated heterocycles. The van der Waals surface area contributed by atoms with Gasteiger partial charge in [0.25, 0.3) is 0 Å². The van der Waals surface area contributed by atoms with Gasteiger partial charge >= 0.3 is 0 Å². The second-order valence-corrected chi connectivity index (χ2v) is 11.6. The van der Waals surface area contributed by atoms with Gasteiger partial charge in [0, 0.05) is 6.21 Å². The highest BCUT2D eigenvalue weighted by Crippen LogP contribution is 2.60. The van der Waals surface area contributed by atoms with Gasteiger partial charge in [-0.1, -0.05) is 51.2 Å². The van der Waals surface area contributed by atoms with Crippen molar-refractivity contribution in [2.45, 2.75) is 96.3 Å². The zero-order valence-electron chi connectivity index (χ0n) is 21.4. The van der Waals surface area contributed by atoms with E-state index in [4.69, 9.17) is 9.73 Å². The molecule has 0 atom stereocenters. The first-order chi connectivity index (χ1) is 16.6. The molecule has 0 aliphatic heterocycles. The second-order valence-electron chi connectivity index (χ2n) is 11.6. The number of aryl methyl sites for hydroxylation is 1. The molecule has 0 spiro atoms. The summed E-state index contributed by atoms with van der Waals surface area (Å²) < 4.78 is 5.92. The molecule has 4 bridgehead atoms. The Hall–Kier alpha value is -2.09. The van der Waals surface area contributed by atoms with Crippen molar-refractivity contribution < 1.29 is 4.74 Å². The molecule has 4 saturated carbocycles. The molecule has 2 aromatic carbocycles. The van der Waals surface area contributed by atoms with E-state index in [-0.39, 0.29) is 0 Å². The van der Waals surface area contributed by atoms with E-state index in [2.05, 4.69) is 56.3 Å². The summed E-state index contributed by atoms with van der Waals surface area (Å²) in [6.07, 6.45) is 18.5. The summed E-state index contributed by atoms with van der Waals surface area (Å²) in [5.41, 5.74) is 5.58. The Morgan fingerprint density at radius 3 is 2.15 bits per heavy atom. The third-order valence-electron chi connectivity index (χ3n) is 8.85. The lowest BCUT2D eigenvalue weighted by Gasteiger charge is -2.57. The molecule has 2 aromatic rings. The minimum absolute atomic E-state index is 0.465. The standard InChI is InChI=1S/C32H43NO/c1-3-4-5-6-7-8-15-34-30-12-9-25(10-13-30)23-33-31-14-11-29(16-24(31)2)32-20-26-17-27(21-32)19-28(18-26)22-32/h9-14,16,23,26-28H,3-8,15,17-22H2,1-2H3. The summed E-state index contributed by atoms with van der Waals surface area (Å²) in [6.45, 7) is 5.31. The number of ether oxygens (including phenoxy) is 1. The first-order valence-electron chi connectivity index (χ1n) is 14.0. The van der Waals surface area contributed by atoms with Gasteiger partial charge in [-0.05, 0) is 122 Å². The van der Waals surface area contributed by atoms with E-state index in [0.29, 0.717) is 5.41 Å². The highest BCUT2D eigenvalue weighted by atomic mass is 16.5. The smallest absolute Gasteiger partial charge is 0.119 e. The topological polar surface area (TPSA) is 21.6 Å². The lowest BCUT2D eigenvalue weighted by Crippen LogP contribution is -2.48. The van der Waals surface area contributed by atoms with Crippen molar-refractivity contribution in [1.82, 2.24) is 0 Å². The monoisotopic (exact) mass is 457 g/mol. The van der Waals surface area contributed by atoms with Gasteiger partial charge in [-0.3, -0.25) is 4.99 Å². The molecule has 0 heterocycles. The number of hydrogen-bond donors (Lipinski definition) is 0. The van der Waals surface area contributed by atoms with E-state index in [9.17, 15) is 0 Å². The van der Waals surface area contributed by atoms with Crippen LogP contribution in [-0.4, -0.2) is 12.8 Å². The number of aliphatic imine (C=N–C) groups is 1. The lowest BCUT2D eigenvalue weighted by molar-refractivity contribution is -0.00520. The maximum atomic E-state index is 5.92. The predicted octanol–water partition coefficient (Wildman–Crippen LogP) is 8.95. The largest absolute Gasteiger partial charge is 0.494 e. The molecule has 2 heteroatoms. The molecular formula is C32H43NO. The van der Waals surface area contributed by atoms with Gasteiger partial charge < -0.3 is 4.74 Å². The van der Waals surface area contributed by atoms with Crippen LogP contribution in [0.1, 0.15) is 101 Å². The molecule has 4 aliphatic rings. The van der Waals surface area contributed by atoms with Gasteiger partial charge in [-0.25, -0.2) is 0 Å². The van der Waals surface area contributed by atoms with Crippen LogP contribution in [-0.2, 0) is 5.41 Å². The fourth-order valence-electron chi connectivity index (χ4n) is 7.46. The zero-order valence-corrected chi connectivity index (χ0v) is 21.4. The van der Waals surface area contributed by atoms with Gasteiger partial charge in [0.05, 0.1) is 12.3 Å². The average molecular weight is 458 g/mol. The van der Waals surface area contributed by atoms with Crippen LogP contribution in [0.5, 0.6) is 5.75 Å².